The predicted octanol–water partition coefficient (Wildman–Crippen LogP) is 2.69. The molecule has 1 amide bonds. The van der Waals surface area contributed by atoms with Crippen LogP contribution in [0.1, 0.15) is 18.9 Å². The Hall–Kier alpha value is -1.62. The molecule has 0 bridgehead atoms. The number of carboxylic acids is 1. The number of hydrogen-bond donors (Lipinski definition) is 2. The lowest BCUT2D eigenvalue weighted by Gasteiger charge is -2.06. The van der Waals surface area contributed by atoms with Crippen LogP contribution in [0, 0.1) is 5.92 Å². The van der Waals surface area contributed by atoms with E-state index in [1.165, 1.54) is 6.08 Å². The van der Waals surface area contributed by atoms with Crippen molar-refractivity contribution in [1.29, 1.82) is 0 Å². The van der Waals surface area contributed by atoms with Gasteiger partial charge < -0.3 is 10.4 Å². The third kappa shape index (κ3) is 5.70. The van der Waals surface area contributed by atoms with E-state index < -0.39 is 11.9 Å². The summed E-state index contributed by atoms with van der Waals surface area (Å²) in [5, 5.41) is 11.4. The van der Waals surface area contributed by atoms with Gasteiger partial charge in [-0.05, 0) is 24.1 Å². The Bertz CT molecular complexity index is 485. The zero-order chi connectivity index (χ0) is 14.3. The molecular weight excluding hydrogens is 310 g/mol. The highest BCUT2D eigenvalue weighted by Crippen LogP contribution is 2.16. The molecule has 2 N–H and O–H groups in total. The van der Waals surface area contributed by atoms with Crippen LogP contribution in [0.15, 0.2) is 34.8 Å². The summed E-state index contributed by atoms with van der Waals surface area (Å²) in [6, 6.07) is 7.57. The van der Waals surface area contributed by atoms with E-state index in [0.717, 1.165) is 10.0 Å². The lowest BCUT2D eigenvalue weighted by molar-refractivity contribution is -0.141. The third-order valence-electron chi connectivity index (χ3n) is 2.62. The smallest absolute Gasteiger partial charge is 0.306 e. The Morgan fingerprint density at radius 2 is 2.11 bits per heavy atom. The van der Waals surface area contributed by atoms with E-state index in [4.69, 9.17) is 5.11 Å². The molecule has 0 fully saturated rings. The van der Waals surface area contributed by atoms with Crippen LogP contribution < -0.4 is 5.32 Å². The first kappa shape index (κ1) is 15.4. The van der Waals surface area contributed by atoms with Gasteiger partial charge in [0.25, 0.3) is 0 Å². The predicted molar refractivity (Wildman–Crippen MR) is 77.6 cm³/mol. The zero-order valence-electron chi connectivity index (χ0n) is 10.6. The molecule has 0 aliphatic heterocycles. The van der Waals surface area contributed by atoms with Crippen molar-refractivity contribution in [3.8, 4) is 0 Å². The molecule has 0 aliphatic carbocycles. The average Bonchev–Trinajstić information content (AvgIpc) is 2.37. The Morgan fingerprint density at radius 3 is 2.74 bits per heavy atom. The molecule has 1 aromatic rings. The number of nitrogens with one attached hydrogen (secondary N) is 1. The number of aliphatic carboxylic acids is 1. The van der Waals surface area contributed by atoms with E-state index in [1.54, 1.807) is 13.0 Å². The quantitative estimate of drug-likeness (QED) is 0.790. The van der Waals surface area contributed by atoms with Crippen LogP contribution in [-0.2, 0) is 9.59 Å². The molecule has 0 aliphatic rings. The van der Waals surface area contributed by atoms with E-state index in [0.29, 0.717) is 13.0 Å². The van der Waals surface area contributed by atoms with Crippen LogP contribution in [0.3, 0.4) is 0 Å². The molecule has 1 aromatic carbocycles. The molecule has 0 spiro atoms. The number of carboxylic acid groups (broad SMARTS) is 1. The Labute approximate surface area is 120 Å². The van der Waals surface area contributed by atoms with Gasteiger partial charge in [0, 0.05) is 17.1 Å². The van der Waals surface area contributed by atoms with Crippen LogP contribution in [-0.4, -0.2) is 23.5 Å². The first-order valence-electron chi connectivity index (χ1n) is 5.94. The molecule has 1 rings (SSSR count). The zero-order valence-corrected chi connectivity index (χ0v) is 12.2. The summed E-state index contributed by atoms with van der Waals surface area (Å²) in [7, 11) is 0. The fraction of sp³-hybridized carbons (Fsp3) is 0.286. The molecule has 102 valence electrons. The Kier molecular flexibility index (Phi) is 6.29. The van der Waals surface area contributed by atoms with Crippen molar-refractivity contribution in [3.63, 3.8) is 0 Å². The van der Waals surface area contributed by atoms with Crippen LogP contribution >= 0.6 is 15.9 Å². The summed E-state index contributed by atoms with van der Waals surface area (Å²) < 4.78 is 0.915. The maximum absolute atomic E-state index is 11.5. The van der Waals surface area contributed by atoms with Gasteiger partial charge >= 0.3 is 5.97 Å². The number of rotatable bonds is 6. The van der Waals surface area contributed by atoms with E-state index in [1.807, 2.05) is 24.3 Å². The number of amides is 1. The number of benzene rings is 1. The van der Waals surface area contributed by atoms with E-state index in [9.17, 15) is 9.59 Å². The van der Waals surface area contributed by atoms with Gasteiger partial charge in [0.05, 0.1) is 5.92 Å². The first-order valence-corrected chi connectivity index (χ1v) is 6.73. The normalized spacial score (nSPS) is 12.3. The monoisotopic (exact) mass is 325 g/mol. The van der Waals surface area contributed by atoms with Gasteiger partial charge in [-0.25, -0.2) is 0 Å². The van der Waals surface area contributed by atoms with Crippen molar-refractivity contribution in [2.24, 2.45) is 5.92 Å². The molecular formula is C14H16BrNO3. The number of carbonyl (C=O) groups excluding carboxylic acids is 1. The first-order chi connectivity index (χ1) is 9.00. The second kappa shape index (κ2) is 7.74. The highest BCUT2D eigenvalue weighted by molar-refractivity contribution is 9.10. The topological polar surface area (TPSA) is 66.4 Å². The molecule has 0 aromatic heterocycles. The van der Waals surface area contributed by atoms with Gasteiger partial charge in [0.15, 0.2) is 0 Å². The van der Waals surface area contributed by atoms with Gasteiger partial charge in [0.2, 0.25) is 5.91 Å². The highest BCUT2D eigenvalue weighted by atomic mass is 79.9. The molecule has 5 heteroatoms. The number of carbonyl (C=O) groups is 2. The second-order valence-corrected chi connectivity index (χ2v) is 5.03. The van der Waals surface area contributed by atoms with E-state index >= 15 is 0 Å². The lowest BCUT2D eigenvalue weighted by Crippen LogP contribution is -2.25. The third-order valence-corrected chi connectivity index (χ3v) is 3.34. The van der Waals surface area contributed by atoms with Gasteiger partial charge in [-0.2, -0.15) is 0 Å². The maximum atomic E-state index is 11.5. The summed E-state index contributed by atoms with van der Waals surface area (Å²) in [6.07, 6.45) is 3.56. The van der Waals surface area contributed by atoms with Gasteiger partial charge in [-0.1, -0.05) is 41.1 Å². The minimum atomic E-state index is -0.849. The van der Waals surface area contributed by atoms with Crippen molar-refractivity contribution in [2.75, 3.05) is 6.54 Å². The van der Waals surface area contributed by atoms with Gasteiger partial charge in [-0.3, -0.25) is 9.59 Å². The van der Waals surface area contributed by atoms with Crippen molar-refractivity contribution in [1.82, 2.24) is 5.32 Å². The molecule has 1 unspecified atom stereocenters. The molecule has 0 radical (unpaired) electrons. The van der Waals surface area contributed by atoms with Crippen LogP contribution in [0.5, 0.6) is 0 Å². The standard InChI is InChI=1S/C14H16BrNO3/c1-10(14(18)19)8-9-16-13(17)7-6-11-4-2-3-5-12(11)15/h2-7,10H,8-9H2,1H3,(H,16,17)(H,18,19)/b7-6+. The summed E-state index contributed by atoms with van der Waals surface area (Å²) in [5.74, 6) is -1.53. The van der Waals surface area contributed by atoms with Gasteiger partial charge in [0.1, 0.15) is 0 Å². The van der Waals surface area contributed by atoms with E-state index in [-0.39, 0.29) is 5.91 Å². The van der Waals surface area contributed by atoms with Crippen LogP contribution in [0.25, 0.3) is 6.08 Å². The Balaban J connectivity index is 2.40. The second-order valence-electron chi connectivity index (χ2n) is 4.17. The molecule has 1 atom stereocenters. The van der Waals surface area contributed by atoms with Crippen molar-refractivity contribution >= 4 is 33.9 Å². The molecule has 0 heterocycles. The van der Waals surface area contributed by atoms with Crippen LogP contribution in [0.2, 0.25) is 0 Å². The summed E-state index contributed by atoms with van der Waals surface area (Å²) in [4.78, 5) is 22.1. The molecule has 0 saturated heterocycles. The molecule has 0 saturated carbocycles. The fourth-order valence-corrected chi connectivity index (χ4v) is 1.79. The summed E-state index contributed by atoms with van der Waals surface area (Å²) >= 11 is 3.39. The molecule has 4 nitrogen and oxygen atoms in total. The largest absolute Gasteiger partial charge is 0.481 e. The number of hydrogen-bond acceptors (Lipinski definition) is 2. The maximum Gasteiger partial charge on any atom is 0.306 e. The van der Waals surface area contributed by atoms with E-state index in [2.05, 4.69) is 21.2 Å². The van der Waals surface area contributed by atoms with Crippen molar-refractivity contribution in [2.45, 2.75) is 13.3 Å². The van der Waals surface area contributed by atoms with Crippen molar-refractivity contribution < 1.29 is 14.7 Å². The Morgan fingerprint density at radius 1 is 1.42 bits per heavy atom. The average molecular weight is 326 g/mol. The summed E-state index contributed by atoms with van der Waals surface area (Å²) in [6.45, 7) is 1.97. The van der Waals surface area contributed by atoms with Gasteiger partial charge in [-0.15, -0.1) is 0 Å². The lowest BCUT2D eigenvalue weighted by atomic mass is 10.1. The highest BCUT2D eigenvalue weighted by Gasteiger charge is 2.10. The minimum Gasteiger partial charge on any atom is -0.481 e. The SMILES string of the molecule is CC(CCNC(=O)/C=C/c1ccccc1Br)C(=O)O. The number of halogens is 1. The van der Waals surface area contributed by atoms with Crippen molar-refractivity contribution in [3.05, 3.63) is 40.4 Å². The molecule has 19 heavy (non-hydrogen) atoms. The summed E-state index contributed by atoms with van der Waals surface area (Å²) in [5.41, 5.74) is 0.913. The fourth-order valence-electron chi connectivity index (χ4n) is 1.37. The van der Waals surface area contributed by atoms with Crippen LogP contribution in [0.4, 0.5) is 0 Å². The minimum absolute atomic E-state index is 0.228.